The van der Waals surface area contributed by atoms with Gasteiger partial charge in [0.2, 0.25) is 0 Å². The van der Waals surface area contributed by atoms with Crippen molar-refractivity contribution in [2.75, 3.05) is 13.7 Å². The van der Waals surface area contributed by atoms with Crippen molar-refractivity contribution in [2.45, 2.75) is 25.6 Å². The third-order valence-corrected chi connectivity index (χ3v) is 2.94. The molecule has 19 heavy (non-hydrogen) atoms. The van der Waals surface area contributed by atoms with Crippen LogP contribution in [-0.4, -0.2) is 25.7 Å². The van der Waals surface area contributed by atoms with Gasteiger partial charge in [0, 0.05) is 12.3 Å². The first-order chi connectivity index (χ1) is 9.12. The summed E-state index contributed by atoms with van der Waals surface area (Å²) >= 11 is 5.77. The third kappa shape index (κ3) is 4.56. The van der Waals surface area contributed by atoms with Gasteiger partial charge in [-0.15, -0.1) is 11.6 Å². The summed E-state index contributed by atoms with van der Waals surface area (Å²) in [6.45, 7) is 2.11. The van der Waals surface area contributed by atoms with Gasteiger partial charge in [-0.2, -0.15) is 0 Å². The molecule has 0 atom stereocenters. The number of aryl methyl sites for hydroxylation is 1. The van der Waals surface area contributed by atoms with Crippen molar-refractivity contribution in [3.05, 3.63) is 34.9 Å². The van der Waals surface area contributed by atoms with Crippen molar-refractivity contribution in [3.63, 3.8) is 0 Å². The monoisotopic (exact) mass is 284 g/mol. The van der Waals surface area contributed by atoms with Crippen molar-refractivity contribution in [1.82, 2.24) is 0 Å². The zero-order valence-corrected chi connectivity index (χ0v) is 11.8. The summed E-state index contributed by atoms with van der Waals surface area (Å²) in [4.78, 5) is 23.0. The van der Waals surface area contributed by atoms with Gasteiger partial charge in [-0.3, -0.25) is 4.79 Å². The summed E-state index contributed by atoms with van der Waals surface area (Å²) in [6, 6.07) is 5.26. The predicted octanol–water partition coefficient (Wildman–Crippen LogP) is 2.71. The lowest BCUT2D eigenvalue weighted by Gasteiger charge is -2.09. The van der Waals surface area contributed by atoms with Crippen LogP contribution in [0.3, 0.4) is 0 Å². The summed E-state index contributed by atoms with van der Waals surface area (Å²) < 4.78 is 9.58. The van der Waals surface area contributed by atoms with Gasteiger partial charge >= 0.3 is 11.9 Å². The van der Waals surface area contributed by atoms with Crippen LogP contribution >= 0.6 is 11.6 Å². The molecule has 4 nitrogen and oxygen atoms in total. The molecule has 0 saturated heterocycles. The number of esters is 2. The lowest BCUT2D eigenvalue weighted by Crippen LogP contribution is -2.10. The van der Waals surface area contributed by atoms with Gasteiger partial charge in [0.1, 0.15) is 0 Å². The summed E-state index contributed by atoms with van der Waals surface area (Å²) in [7, 11) is 1.33. The number of methoxy groups -OCH3 is 1. The van der Waals surface area contributed by atoms with Crippen molar-refractivity contribution >= 4 is 23.5 Å². The zero-order valence-electron chi connectivity index (χ0n) is 11.1. The quantitative estimate of drug-likeness (QED) is 0.595. The van der Waals surface area contributed by atoms with E-state index in [1.165, 1.54) is 7.11 Å². The zero-order chi connectivity index (χ0) is 14.3. The van der Waals surface area contributed by atoms with E-state index < -0.39 is 5.97 Å². The summed E-state index contributed by atoms with van der Waals surface area (Å²) in [6.07, 6.45) is 0.650. The second kappa shape index (κ2) is 7.79. The Morgan fingerprint density at radius 3 is 2.63 bits per heavy atom. The Labute approximate surface area is 117 Å². The highest BCUT2D eigenvalue weighted by molar-refractivity contribution is 6.17. The fraction of sp³-hybridized carbons (Fsp3) is 0.429. The van der Waals surface area contributed by atoms with Gasteiger partial charge in [-0.25, -0.2) is 4.79 Å². The topological polar surface area (TPSA) is 52.6 Å². The number of hydrogen-bond acceptors (Lipinski definition) is 4. The number of rotatable bonds is 6. The molecule has 0 aliphatic heterocycles. The number of carbonyl (C=O) groups is 2. The number of ether oxygens (including phenoxy) is 2. The molecule has 5 heteroatoms. The fourth-order valence-electron chi connectivity index (χ4n) is 1.72. The van der Waals surface area contributed by atoms with Crippen LogP contribution < -0.4 is 0 Å². The predicted molar refractivity (Wildman–Crippen MR) is 72.3 cm³/mol. The molecule has 0 spiro atoms. The maximum absolute atomic E-state index is 11.6. The lowest BCUT2D eigenvalue weighted by molar-refractivity contribution is -0.143. The largest absolute Gasteiger partial charge is 0.466 e. The van der Waals surface area contributed by atoms with Crippen LogP contribution in [0.15, 0.2) is 18.2 Å². The number of benzene rings is 1. The minimum absolute atomic E-state index is 0.226. The minimum Gasteiger partial charge on any atom is -0.466 e. The van der Waals surface area contributed by atoms with Crippen molar-refractivity contribution in [1.29, 1.82) is 0 Å². The highest BCUT2D eigenvalue weighted by Crippen LogP contribution is 2.17. The highest BCUT2D eigenvalue weighted by Gasteiger charge is 2.13. The smallest absolute Gasteiger partial charge is 0.338 e. The normalized spacial score (nSPS) is 10.1. The Balaban J connectivity index is 2.88. The van der Waals surface area contributed by atoms with Gasteiger partial charge in [0.15, 0.2) is 0 Å². The first kappa shape index (κ1) is 15.5. The fourth-order valence-corrected chi connectivity index (χ4v) is 1.88. The van der Waals surface area contributed by atoms with Gasteiger partial charge in [-0.1, -0.05) is 12.1 Å². The van der Waals surface area contributed by atoms with E-state index in [9.17, 15) is 9.59 Å². The molecule has 0 heterocycles. The molecular weight excluding hydrogens is 268 g/mol. The SMILES string of the molecule is CCOC(=O)CCc1cc(CCl)ccc1C(=O)OC. The van der Waals surface area contributed by atoms with E-state index in [-0.39, 0.29) is 12.4 Å². The molecule has 0 aliphatic rings. The Bertz CT molecular complexity index is 457. The van der Waals surface area contributed by atoms with Gasteiger partial charge in [0.25, 0.3) is 0 Å². The molecule has 1 aromatic rings. The first-order valence-electron chi connectivity index (χ1n) is 6.04. The van der Waals surface area contributed by atoms with E-state index in [2.05, 4.69) is 0 Å². The van der Waals surface area contributed by atoms with Crippen LogP contribution in [0.25, 0.3) is 0 Å². The molecule has 0 N–H and O–H groups in total. The average Bonchev–Trinajstić information content (AvgIpc) is 2.44. The van der Waals surface area contributed by atoms with Gasteiger partial charge < -0.3 is 9.47 Å². The Hall–Kier alpha value is -1.55. The molecular formula is C14H17ClO4. The second-order valence-electron chi connectivity index (χ2n) is 3.92. The number of alkyl halides is 1. The van der Waals surface area contributed by atoms with Crippen LogP contribution in [0.5, 0.6) is 0 Å². The number of hydrogen-bond donors (Lipinski definition) is 0. The molecule has 0 amide bonds. The summed E-state index contributed by atoms with van der Waals surface area (Å²) in [5, 5.41) is 0. The average molecular weight is 285 g/mol. The van der Waals surface area contributed by atoms with E-state index in [4.69, 9.17) is 21.1 Å². The lowest BCUT2D eigenvalue weighted by atomic mass is 10.0. The second-order valence-corrected chi connectivity index (χ2v) is 4.19. The minimum atomic E-state index is -0.417. The van der Waals surface area contributed by atoms with E-state index in [1.54, 1.807) is 19.1 Å². The molecule has 0 radical (unpaired) electrons. The Morgan fingerprint density at radius 1 is 1.32 bits per heavy atom. The molecule has 0 bridgehead atoms. The Morgan fingerprint density at radius 2 is 2.05 bits per heavy atom. The van der Waals surface area contributed by atoms with E-state index in [0.29, 0.717) is 24.5 Å². The van der Waals surface area contributed by atoms with Crippen LogP contribution in [0, 0.1) is 0 Å². The van der Waals surface area contributed by atoms with Crippen molar-refractivity contribution < 1.29 is 19.1 Å². The maximum Gasteiger partial charge on any atom is 0.338 e. The number of halogens is 1. The van der Waals surface area contributed by atoms with E-state index in [0.717, 1.165) is 11.1 Å². The van der Waals surface area contributed by atoms with Crippen molar-refractivity contribution in [3.8, 4) is 0 Å². The molecule has 0 aromatic heterocycles. The molecule has 104 valence electrons. The molecule has 1 aromatic carbocycles. The van der Waals surface area contributed by atoms with E-state index >= 15 is 0 Å². The molecule has 0 aliphatic carbocycles. The molecule has 0 fully saturated rings. The van der Waals surface area contributed by atoms with Crippen LogP contribution in [0.4, 0.5) is 0 Å². The standard InChI is InChI=1S/C14H17ClO4/c1-3-19-13(16)7-5-11-8-10(9-15)4-6-12(11)14(17)18-2/h4,6,8H,3,5,7,9H2,1-2H3. The first-order valence-corrected chi connectivity index (χ1v) is 6.57. The maximum atomic E-state index is 11.6. The van der Waals surface area contributed by atoms with E-state index in [1.807, 2.05) is 6.07 Å². The summed E-state index contributed by atoms with van der Waals surface area (Å²) in [5.41, 5.74) is 2.10. The van der Waals surface area contributed by atoms with Gasteiger partial charge in [0.05, 0.1) is 19.3 Å². The molecule has 0 unspecified atom stereocenters. The van der Waals surface area contributed by atoms with Crippen LogP contribution in [0.2, 0.25) is 0 Å². The third-order valence-electron chi connectivity index (χ3n) is 2.63. The van der Waals surface area contributed by atoms with Gasteiger partial charge in [-0.05, 0) is 30.5 Å². The van der Waals surface area contributed by atoms with Crippen LogP contribution in [0.1, 0.15) is 34.8 Å². The Kier molecular flexibility index (Phi) is 6.36. The molecule has 0 saturated carbocycles. The molecule has 1 rings (SSSR count). The summed E-state index contributed by atoms with van der Waals surface area (Å²) in [5.74, 6) is -0.344. The van der Waals surface area contributed by atoms with Crippen LogP contribution in [-0.2, 0) is 26.6 Å². The number of carbonyl (C=O) groups excluding carboxylic acids is 2. The van der Waals surface area contributed by atoms with Crippen molar-refractivity contribution in [2.24, 2.45) is 0 Å². The highest BCUT2D eigenvalue weighted by atomic mass is 35.5.